The van der Waals surface area contributed by atoms with Crippen molar-refractivity contribution < 1.29 is 18.3 Å². The molecule has 102 valence electrons. The maximum Gasteiger partial charge on any atom is 0.416 e. The minimum absolute atomic E-state index is 0.184. The lowest BCUT2D eigenvalue weighted by molar-refractivity contribution is -0.137. The van der Waals surface area contributed by atoms with E-state index in [2.05, 4.69) is 21.2 Å². The second-order valence-electron chi connectivity index (χ2n) is 4.40. The summed E-state index contributed by atoms with van der Waals surface area (Å²) in [5.41, 5.74) is -1.35. The predicted molar refractivity (Wildman–Crippen MR) is 68.5 cm³/mol. The SMILES string of the molecule is CCC(C)(O)CNc1cc(C(F)(F)F)ccc1Br. The lowest BCUT2D eigenvalue weighted by atomic mass is 10.0. The van der Waals surface area contributed by atoms with Crippen molar-refractivity contribution >= 4 is 21.6 Å². The van der Waals surface area contributed by atoms with E-state index < -0.39 is 17.3 Å². The summed E-state index contributed by atoms with van der Waals surface area (Å²) >= 11 is 3.18. The van der Waals surface area contributed by atoms with Gasteiger partial charge in [0.05, 0.1) is 11.2 Å². The Kier molecular flexibility index (Phi) is 4.66. The van der Waals surface area contributed by atoms with E-state index in [0.29, 0.717) is 16.6 Å². The number of benzene rings is 1. The van der Waals surface area contributed by atoms with Crippen molar-refractivity contribution in [3.8, 4) is 0 Å². The number of alkyl halides is 3. The number of anilines is 1. The normalized spacial score (nSPS) is 15.3. The fraction of sp³-hybridized carbons (Fsp3) is 0.500. The average Bonchev–Trinajstić information content (AvgIpc) is 2.26. The number of halogens is 4. The summed E-state index contributed by atoms with van der Waals surface area (Å²) < 4.78 is 38.2. The van der Waals surface area contributed by atoms with Gasteiger partial charge in [0.25, 0.3) is 0 Å². The monoisotopic (exact) mass is 325 g/mol. The Morgan fingerprint density at radius 3 is 2.44 bits per heavy atom. The molecule has 0 heterocycles. The number of rotatable bonds is 4. The minimum Gasteiger partial charge on any atom is -0.388 e. The smallest absolute Gasteiger partial charge is 0.388 e. The Morgan fingerprint density at radius 2 is 1.94 bits per heavy atom. The molecule has 6 heteroatoms. The lowest BCUT2D eigenvalue weighted by Crippen LogP contribution is -2.32. The van der Waals surface area contributed by atoms with Gasteiger partial charge < -0.3 is 10.4 Å². The molecule has 0 aliphatic heterocycles. The van der Waals surface area contributed by atoms with Gasteiger partial charge >= 0.3 is 6.18 Å². The van der Waals surface area contributed by atoms with Crippen LogP contribution in [0.4, 0.5) is 18.9 Å². The van der Waals surface area contributed by atoms with E-state index in [1.165, 1.54) is 6.07 Å². The summed E-state index contributed by atoms with van der Waals surface area (Å²) in [4.78, 5) is 0. The maximum absolute atomic E-state index is 12.5. The molecule has 0 bridgehead atoms. The van der Waals surface area contributed by atoms with Gasteiger partial charge in [0.2, 0.25) is 0 Å². The standard InChI is InChI=1S/C12H15BrF3NO/c1-3-11(2,18)7-17-10-6-8(12(14,15)16)4-5-9(10)13/h4-6,17-18H,3,7H2,1-2H3. The van der Waals surface area contributed by atoms with Crippen LogP contribution in [-0.4, -0.2) is 17.3 Å². The summed E-state index contributed by atoms with van der Waals surface area (Å²) in [5, 5.41) is 12.6. The molecule has 1 aromatic carbocycles. The first-order chi connectivity index (χ1) is 8.15. The third-order valence-corrected chi connectivity index (χ3v) is 3.41. The van der Waals surface area contributed by atoms with Gasteiger partial charge in [0.15, 0.2) is 0 Å². The Hall–Kier alpha value is -0.750. The fourth-order valence-corrected chi connectivity index (χ4v) is 1.63. The van der Waals surface area contributed by atoms with E-state index in [1.54, 1.807) is 6.92 Å². The highest BCUT2D eigenvalue weighted by atomic mass is 79.9. The van der Waals surface area contributed by atoms with Crippen molar-refractivity contribution in [2.24, 2.45) is 0 Å². The van der Waals surface area contributed by atoms with Gasteiger partial charge in [-0.05, 0) is 47.5 Å². The van der Waals surface area contributed by atoms with E-state index in [4.69, 9.17) is 0 Å². The summed E-state index contributed by atoms with van der Waals surface area (Å²) in [6.45, 7) is 3.62. The van der Waals surface area contributed by atoms with Crippen molar-refractivity contribution in [3.05, 3.63) is 28.2 Å². The molecule has 0 spiro atoms. The Morgan fingerprint density at radius 1 is 1.33 bits per heavy atom. The van der Waals surface area contributed by atoms with E-state index >= 15 is 0 Å². The van der Waals surface area contributed by atoms with Gasteiger partial charge in [-0.15, -0.1) is 0 Å². The van der Waals surface area contributed by atoms with Crippen LogP contribution in [0.25, 0.3) is 0 Å². The molecule has 18 heavy (non-hydrogen) atoms. The van der Waals surface area contributed by atoms with Crippen molar-refractivity contribution in [2.45, 2.75) is 32.0 Å². The molecule has 1 unspecified atom stereocenters. The first kappa shape index (κ1) is 15.3. The zero-order chi connectivity index (χ0) is 14.0. The molecule has 0 aliphatic carbocycles. The van der Waals surface area contributed by atoms with Crippen LogP contribution in [0.3, 0.4) is 0 Å². The van der Waals surface area contributed by atoms with Gasteiger partial charge in [-0.2, -0.15) is 13.2 Å². The topological polar surface area (TPSA) is 32.3 Å². The maximum atomic E-state index is 12.5. The summed E-state index contributed by atoms with van der Waals surface area (Å²) in [6, 6.07) is 3.37. The molecule has 2 nitrogen and oxygen atoms in total. The van der Waals surface area contributed by atoms with E-state index in [1.807, 2.05) is 6.92 Å². The molecule has 1 atom stereocenters. The first-order valence-corrected chi connectivity index (χ1v) is 6.28. The van der Waals surface area contributed by atoms with Crippen LogP contribution in [-0.2, 0) is 6.18 Å². The van der Waals surface area contributed by atoms with Crippen molar-refractivity contribution in [1.82, 2.24) is 0 Å². The third-order valence-electron chi connectivity index (χ3n) is 2.72. The molecular formula is C12H15BrF3NO. The Balaban J connectivity index is 2.89. The number of aliphatic hydroxyl groups is 1. The highest BCUT2D eigenvalue weighted by Gasteiger charge is 2.31. The molecule has 2 N–H and O–H groups in total. The molecule has 0 fully saturated rings. The van der Waals surface area contributed by atoms with Crippen LogP contribution < -0.4 is 5.32 Å². The predicted octanol–water partition coefficient (Wildman–Crippen LogP) is 4.04. The molecule has 0 aromatic heterocycles. The lowest BCUT2D eigenvalue weighted by Gasteiger charge is -2.23. The summed E-state index contributed by atoms with van der Waals surface area (Å²) in [5.74, 6) is 0. The molecular weight excluding hydrogens is 311 g/mol. The van der Waals surface area contributed by atoms with Crippen molar-refractivity contribution in [3.63, 3.8) is 0 Å². The second kappa shape index (κ2) is 5.48. The largest absolute Gasteiger partial charge is 0.416 e. The van der Waals surface area contributed by atoms with Gasteiger partial charge in [0, 0.05) is 16.7 Å². The zero-order valence-corrected chi connectivity index (χ0v) is 11.7. The number of hydrogen-bond donors (Lipinski definition) is 2. The van der Waals surface area contributed by atoms with Gasteiger partial charge in [-0.25, -0.2) is 0 Å². The van der Waals surface area contributed by atoms with Gasteiger partial charge in [-0.1, -0.05) is 6.92 Å². The minimum atomic E-state index is -4.37. The molecule has 0 amide bonds. The summed E-state index contributed by atoms with van der Waals surface area (Å²) in [6.07, 6.45) is -3.86. The number of hydrogen-bond acceptors (Lipinski definition) is 2. The third kappa shape index (κ3) is 4.17. The molecule has 0 aliphatic rings. The van der Waals surface area contributed by atoms with Crippen LogP contribution in [0.2, 0.25) is 0 Å². The highest BCUT2D eigenvalue weighted by molar-refractivity contribution is 9.10. The quantitative estimate of drug-likeness (QED) is 0.875. The molecule has 0 saturated carbocycles. The Bertz CT molecular complexity index is 418. The van der Waals surface area contributed by atoms with Gasteiger partial charge in [-0.3, -0.25) is 0 Å². The fourth-order valence-electron chi connectivity index (χ4n) is 1.25. The van der Waals surface area contributed by atoms with Crippen LogP contribution in [0, 0.1) is 0 Å². The van der Waals surface area contributed by atoms with Gasteiger partial charge in [0.1, 0.15) is 0 Å². The molecule has 1 aromatic rings. The van der Waals surface area contributed by atoms with Crippen LogP contribution in [0.15, 0.2) is 22.7 Å². The van der Waals surface area contributed by atoms with Crippen molar-refractivity contribution in [2.75, 3.05) is 11.9 Å². The summed E-state index contributed by atoms with van der Waals surface area (Å²) in [7, 11) is 0. The van der Waals surface area contributed by atoms with E-state index in [-0.39, 0.29) is 6.54 Å². The Labute approximate surface area is 112 Å². The molecule has 0 saturated heterocycles. The van der Waals surface area contributed by atoms with Crippen LogP contribution >= 0.6 is 15.9 Å². The van der Waals surface area contributed by atoms with Crippen molar-refractivity contribution in [1.29, 1.82) is 0 Å². The first-order valence-electron chi connectivity index (χ1n) is 5.49. The van der Waals surface area contributed by atoms with Crippen LogP contribution in [0.5, 0.6) is 0 Å². The zero-order valence-electron chi connectivity index (χ0n) is 10.1. The number of nitrogens with one attached hydrogen (secondary N) is 1. The molecule has 0 radical (unpaired) electrons. The van der Waals surface area contributed by atoms with E-state index in [0.717, 1.165) is 12.1 Å². The average molecular weight is 326 g/mol. The second-order valence-corrected chi connectivity index (χ2v) is 5.25. The van der Waals surface area contributed by atoms with E-state index in [9.17, 15) is 18.3 Å². The highest BCUT2D eigenvalue weighted by Crippen LogP contribution is 2.34. The molecule has 1 rings (SSSR count). The van der Waals surface area contributed by atoms with Crippen LogP contribution in [0.1, 0.15) is 25.8 Å².